The molecule has 0 unspecified atom stereocenters. The summed E-state index contributed by atoms with van der Waals surface area (Å²) in [6.45, 7) is 0. The van der Waals surface area contributed by atoms with Gasteiger partial charge in [-0.15, -0.1) is 0 Å². The average Bonchev–Trinajstić information content (AvgIpc) is 2.26. The largest absolute Gasteiger partial charge is 0.328 e. The van der Waals surface area contributed by atoms with Crippen LogP contribution in [-0.2, 0) is 16.0 Å². The van der Waals surface area contributed by atoms with Crippen molar-refractivity contribution in [2.24, 2.45) is 5.92 Å². The molecule has 0 saturated carbocycles. The van der Waals surface area contributed by atoms with Crippen LogP contribution in [0.5, 0.6) is 0 Å². The maximum absolute atomic E-state index is 11.5. The lowest BCUT2D eigenvalue weighted by Crippen LogP contribution is -2.56. The third-order valence-electron chi connectivity index (χ3n) is 2.46. The molecular weight excluding hydrogens is 288 g/mol. The first-order valence-corrected chi connectivity index (χ1v) is 5.75. The number of amides is 4. The van der Waals surface area contributed by atoms with Gasteiger partial charge in [-0.25, -0.2) is 4.79 Å². The van der Waals surface area contributed by atoms with Crippen molar-refractivity contribution in [2.45, 2.75) is 6.42 Å². The number of benzene rings is 1. The van der Waals surface area contributed by atoms with E-state index in [2.05, 4.69) is 26.6 Å². The quantitative estimate of drug-likeness (QED) is 0.799. The van der Waals surface area contributed by atoms with Crippen LogP contribution >= 0.6 is 15.9 Å². The second-order valence-electron chi connectivity index (χ2n) is 3.69. The van der Waals surface area contributed by atoms with Gasteiger partial charge in [0.1, 0.15) is 5.92 Å². The maximum atomic E-state index is 11.5. The van der Waals surface area contributed by atoms with Crippen molar-refractivity contribution in [3.8, 4) is 0 Å². The number of carbonyl (C=O) groups excluding carboxylic acids is 3. The van der Waals surface area contributed by atoms with E-state index in [1.54, 1.807) is 0 Å². The van der Waals surface area contributed by atoms with Gasteiger partial charge in [0.25, 0.3) is 0 Å². The van der Waals surface area contributed by atoms with Crippen molar-refractivity contribution in [2.75, 3.05) is 0 Å². The van der Waals surface area contributed by atoms with Crippen LogP contribution in [0.4, 0.5) is 4.79 Å². The van der Waals surface area contributed by atoms with Crippen LogP contribution in [0.1, 0.15) is 5.56 Å². The zero-order valence-corrected chi connectivity index (χ0v) is 10.3. The first kappa shape index (κ1) is 11.8. The fourth-order valence-electron chi connectivity index (χ4n) is 1.59. The Morgan fingerprint density at radius 3 is 2.06 bits per heavy atom. The normalized spacial score (nSPS) is 16.6. The summed E-state index contributed by atoms with van der Waals surface area (Å²) in [4.78, 5) is 33.8. The lowest BCUT2D eigenvalue weighted by Gasteiger charge is -2.20. The van der Waals surface area contributed by atoms with E-state index in [0.29, 0.717) is 0 Å². The first-order valence-electron chi connectivity index (χ1n) is 4.96. The number of nitrogens with one attached hydrogen (secondary N) is 2. The lowest BCUT2D eigenvalue weighted by molar-refractivity contribution is -0.135. The molecular formula is C11H9BrN2O3. The van der Waals surface area contributed by atoms with Crippen LogP contribution in [0.15, 0.2) is 28.7 Å². The predicted octanol–water partition coefficient (Wildman–Crippen LogP) is 0.974. The molecule has 0 aliphatic carbocycles. The molecule has 1 saturated heterocycles. The molecule has 88 valence electrons. The molecule has 0 spiro atoms. The van der Waals surface area contributed by atoms with E-state index in [1.165, 1.54) is 0 Å². The molecule has 1 aliphatic rings. The van der Waals surface area contributed by atoms with E-state index in [1.807, 2.05) is 24.3 Å². The summed E-state index contributed by atoms with van der Waals surface area (Å²) < 4.78 is 0.925. The van der Waals surface area contributed by atoms with E-state index >= 15 is 0 Å². The number of imide groups is 2. The third kappa shape index (κ3) is 2.71. The zero-order valence-electron chi connectivity index (χ0n) is 8.70. The van der Waals surface area contributed by atoms with Gasteiger partial charge in [-0.3, -0.25) is 20.2 Å². The number of carbonyl (C=O) groups is 3. The van der Waals surface area contributed by atoms with E-state index in [4.69, 9.17) is 0 Å². The third-order valence-corrected chi connectivity index (χ3v) is 2.99. The first-order chi connectivity index (χ1) is 8.06. The lowest BCUT2D eigenvalue weighted by atomic mass is 9.96. The molecule has 1 aliphatic heterocycles. The minimum Gasteiger partial charge on any atom is -0.277 e. The van der Waals surface area contributed by atoms with Crippen molar-refractivity contribution >= 4 is 33.8 Å². The summed E-state index contributed by atoms with van der Waals surface area (Å²) >= 11 is 3.30. The van der Waals surface area contributed by atoms with Gasteiger partial charge in [0.2, 0.25) is 11.8 Å². The highest BCUT2D eigenvalue weighted by Gasteiger charge is 2.33. The Morgan fingerprint density at radius 2 is 1.53 bits per heavy atom. The Hall–Kier alpha value is -1.69. The summed E-state index contributed by atoms with van der Waals surface area (Å²) in [6, 6.07) is 6.55. The van der Waals surface area contributed by atoms with Crippen molar-refractivity contribution in [1.82, 2.24) is 10.6 Å². The van der Waals surface area contributed by atoms with Gasteiger partial charge in [-0.05, 0) is 24.1 Å². The number of urea groups is 1. The van der Waals surface area contributed by atoms with E-state index in [0.717, 1.165) is 10.0 Å². The monoisotopic (exact) mass is 296 g/mol. The van der Waals surface area contributed by atoms with Crippen LogP contribution in [-0.4, -0.2) is 17.8 Å². The molecule has 5 nitrogen and oxygen atoms in total. The van der Waals surface area contributed by atoms with Crippen molar-refractivity contribution < 1.29 is 14.4 Å². The molecule has 2 N–H and O–H groups in total. The van der Waals surface area contributed by atoms with Crippen molar-refractivity contribution in [3.05, 3.63) is 34.3 Å². The molecule has 1 fully saturated rings. The number of barbiturate groups is 1. The van der Waals surface area contributed by atoms with Crippen LogP contribution in [0.25, 0.3) is 0 Å². The topological polar surface area (TPSA) is 75.3 Å². The van der Waals surface area contributed by atoms with Gasteiger partial charge in [-0.2, -0.15) is 0 Å². The van der Waals surface area contributed by atoms with Gasteiger partial charge in [-0.1, -0.05) is 28.1 Å². The molecule has 4 amide bonds. The molecule has 0 atom stereocenters. The highest BCUT2D eigenvalue weighted by molar-refractivity contribution is 9.10. The van der Waals surface area contributed by atoms with Gasteiger partial charge in [0, 0.05) is 4.47 Å². The average molecular weight is 297 g/mol. The van der Waals surface area contributed by atoms with Gasteiger partial charge < -0.3 is 0 Å². The summed E-state index contributed by atoms with van der Waals surface area (Å²) in [7, 11) is 0. The Morgan fingerprint density at radius 1 is 1.00 bits per heavy atom. The standard InChI is InChI=1S/C11H9BrN2O3/c12-7-3-1-6(2-4-7)5-8-9(15)13-11(17)14-10(8)16/h1-4,8H,5H2,(H2,13,14,15,16,17). The molecule has 0 radical (unpaired) electrons. The molecule has 1 aromatic rings. The Balaban J connectivity index is 2.12. The fourth-order valence-corrected chi connectivity index (χ4v) is 1.85. The molecule has 0 aromatic heterocycles. The molecule has 6 heteroatoms. The Bertz CT molecular complexity index is 464. The van der Waals surface area contributed by atoms with E-state index in [9.17, 15) is 14.4 Å². The Labute approximate surface area is 106 Å². The van der Waals surface area contributed by atoms with Gasteiger partial charge in [0.05, 0.1) is 0 Å². The second-order valence-corrected chi connectivity index (χ2v) is 4.61. The van der Waals surface area contributed by atoms with Crippen LogP contribution in [0, 0.1) is 5.92 Å². The minimum absolute atomic E-state index is 0.276. The zero-order chi connectivity index (χ0) is 12.4. The van der Waals surface area contributed by atoms with E-state index < -0.39 is 23.8 Å². The molecule has 1 aromatic carbocycles. The van der Waals surface area contributed by atoms with Crippen LogP contribution in [0.2, 0.25) is 0 Å². The summed E-state index contributed by atoms with van der Waals surface area (Å²) in [6.07, 6.45) is 0.276. The molecule has 0 bridgehead atoms. The highest BCUT2D eigenvalue weighted by atomic mass is 79.9. The van der Waals surface area contributed by atoms with Crippen LogP contribution in [0.3, 0.4) is 0 Å². The Kier molecular flexibility index (Phi) is 3.23. The van der Waals surface area contributed by atoms with Gasteiger partial charge in [0.15, 0.2) is 0 Å². The predicted molar refractivity (Wildman–Crippen MR) is 63.0 cm³/mol. The molecule has 2 rings (SSSR count). The summed E-state index contributed by atoms with van der Waals surface area (Å²) in [5, 5.41) is 4.14. The number of hydrogen-bond acceptors (Lipinski definition) is 3. The minimum atomic E-state index is -0.853. The smallest absolute Gasteiger partial charge is 0.277 e. The van der Waals surface area contributed by atoms with Crippen LogP contribution < -0.4 is 10.6 Å². The summed E-state index contributed by atoms with van der Waals surface area (Å²) in [5.74, 6) is -1.96. The highest BCUT2D eigenvalue weighted by Crippen LogP contribution is 2.15. The van der Waals surface area contributed by atoms with E-state index in [-0.39, 0.29) is 6.42 Å². The number of hydrogen-bond donors (Lipinski definition) is 2. The molecule has 17 heavy (non-hydrogen) atoms. The van der Waals surface area contributed by atoms with Gasteiger partial charge >= 0.3 is 6.03 Å². The fraction of sp³-hybridized carbons (Fsp3) is 0.182. The van der Waals surface area contributed by atoms with Crippen molar-refractivity contribution in [3.63, 3.8) is 0 Å². The second kappa shape index (κ2) is 4.67. The summed E-state index contributed by atoms with van der Waals surface area (Å²) in [5.41, 5.74) is 0.859. The SMILES string of the molecule is O=C1NC(=O)C(Cc2ccc(Br)cc2)C(=O)N1. The number of halogens is 1. The maximum Gasteiger partial charge on any atom is 0.328 e. The molecule has 1 heterocycles. The van der Waals surface area contributed by atoms with Crippen molar-refractivity contribution in [1.29, 1.82) is 0 Å². The number of rotatable bonds is 2.